The molecule has 0 N–H and O–H groups in total. The number of carbonyl (C=O) groups is 1. The Kier molecular flexibility index (Phi) is 4.78. The van der Waals surface area contributed by atoms with Crippen LogP contribution in [0.1, 0.15) is 23.6 Å². The Morgan fingerprint density at radius 3 is 2.40 bits per heavy atom. The molecule has 0 spiro atoms. The fourth-order valence-corrected chi connectivity index (χ4v) is 4.85. The molecule has 0 fully saturated rings. The third kappa shape index (κ3) is 3.25. The molecule has 2 aromatic rings. The SMILES string of the molecule is COC(=O)CC1c2ccccc2S(=O)(=O)N1Cc1ccc(OC)cc1. The Balaban J connectivity index is 1.98. The van der Waals surface area contributed by atoms with Crippen LogP contribution in [0, 0.1) is 0 Å². The summed E-state index contributed by atoms with van der Waals surface area (Å²) in [6, 6.07) is 13.4. The maximum atomic E-state index is 12.9. The minimum Gasteiger partial charge on any atom is -0.497 e. The molecular weight excluding hydrogens is 342 g/mol. The lowest BCUT2D eigenvalue weighted by atomic mass is 10.0. The minimum absolute atomic E-state index is 0.0249. The van der Waals surface area contributed by atoms with Crippen LogP contribution in [0.5, 0.6) is 5.75 Å². The van der Waals surface area contributed by atoms with Gasteiger partial charge in [0.15, 0.2) is 0 Å². The van der Waals surface area contributed by atoms with Crippen molar-refractivity contribution in [1.82, 2.24) is 4.31 Å². The van der Waals surface area contributed by atoms with E-state index in [1.54, 1.807) is 43.5 Å². The van der Waals surface area contributed by atoms with Gasteiger partial charge in [-0.3, -0.25) is 4.79 Å². The Morgan fingerprint density at radius 2 is 1.76 bits per heavy atom. The van der Waals surface area contributed by atoms with Crippen molar-refractivity contribution in [2.75, 3.05) is 14.2 Å². The van der Waals surface area contributed by atoms with Gasteiger partial charge in [0.2, 0.25) is 10.0 Å². The van der Waals surface area contributed by atoms with Crippen molar-refractivity contribution in [3.8, 4) is 5.75 Å². The van der Waals surface area contributed by atoms with Crippen LogP contribution in [0.4, 0.5) is 0 Å². The van der Waals surface area contributed by atoms with Gasteiger partial charge in [-0.1, -0.05) is 30.3 Å². The molecule has 1 atom stereocenters. The summed E-state index contributed by atoms with van der Waals surface area (Å²) >= 11 is 0. The number of esters is 1. The van der Waals surface area contributed by atoms with Crippen molar-refractivity contribution in [2.24, 2.45) is 0 Å². The second-order valence-electron chi connectivity index (χ2n) is 5.73. The minimum atomic E-state index is -3.67. The van der Waals surface area contributed by atoms with E-state index in [0.717, 1.165) is 5.56 Å². The van der Waals surface area contributed by atoms with Crippen LogP contribution in [0.3, 0.4) is 0 Å². The molecule has 0 aliphatic carbocycles. The van der Waals surface area contributed by atoms with Crippen LogP contribution in [-0.4, -0.2) is 32.9 Å². The predicted molar refractivity (Wildman–Crippen MR) is 91.5 cm³/mol. The zero-order valence-corrected chi connectivity index (χ0v) is 14.8. The van der Waals surface area contributed by atoms with E-state index >= 15 is 0 Å². The molecule has 1 aliphatic heterocycles. The highest BCUT2D eigenvalue weighted by atomic mass is 32.2. The van der Waals surface area contributed by atoms with Crippen LogP contribution in [0.25, 0.3) is 0 Å². The molecule has 2 aromatic carbocycles. The van der Waals surface area contributed by atoms with Crippen molar-refractivity contribution >= 4 is 16.0 Å². The Morgan fingerprint density at radius 1 is 1.08 bits per heavy atom. The molecule has 0 amide bonds. The number of hydrogen-bond acceptors (Lipinski definition) is 5. The predicted octanol–water partition coefficient (Wildman–Crippen LogP) is 2.50. The second-order valence-corrected chi connectivity index (χ2v) is 7.59. The molecule has 1 heterocycles. The van der Waals surface area contributed by atoms with Gasteiger partial charge in [0.25, 0.3) is 0 Å². The summed E-state index contributed by atoms with van der Waals surface area (Å²) in [6.45, 7) is 0.169. The third-order valence-electron chi connectivity index (χ3n) is 4.30. The lowest BCUT2D eigenvalue weighted by molar-refractivity contribution is -0.141. The summed E-state index contributed by atoms with van der Waals surface area (Å²) in [6.07, 6.45) is -0.0249. The molecule has 0 saturated heterocycles. The van der Waals surface area contributed by atoms with E-state index in [2.05, 4.69) is 0 Å². The number of sulfonamides is 1. The first-order valence-corrected chi connectivity index (χ1v) is 9.22. The highest BCUT2D eigenvalue weighted by molar-refractivity contribution is 7.89. The first-order valence-electron chi connectivity index (χ1n) is 7.78. The number of rotatable bonds is 5. The molecule has 25 heavy (non-hydrogen) atoms. The average molecular weight is 361 g/mol. The summed E-state index contributed by atoms with van der Waals surface area (Å²) in [4.78, 5) is 12.1. The maximum Gasteiger partial charge on any atom is 0.307 e. The Labute approximate surface area is 147 Å². The third-order valence-corrected chi connectivity index (χ3v) is 6.23. The van der Waals surface area contributed by atoms with Gasteiger partial charge in [-0.2, -0.15) is 4.31 Å². The van der Waals surface area contributed by atoms with Crippen molar-refractivity contribution in [1.29, 1.82) is 0 Å². The molecule has 1 unspecified atom stereocenters. The Bertz CT molecular complexity index is 877. The molecule has 0 radical (unpaired) electrons. The molecule has 0 saturated carbocycles. The summed E-state index contributed by atoms with van der Waals surface area (Å²) in [5.74, 6) is 0.249. The van der Waals surface area contributed by atoms with Crippen LogP contribution < -0.4 is 4.74 Å². The molecule has 0 aromatic heterocycles. The molecule has 1 aliphatic rings. The number of carbonyl (C=O) groups excluding carboxylic acids is 1. The van der Waals surface area contributed by atoms with E-state index in [4.69, 9.17) is 9.47 Å². The molecule has 7 heteroatoms. The topological polar surface area (TPSA) is 72.9 Å². The largest absolute Gasteiger partial charge is 0.497 e. The van der Waals surface area contributed by atoms with Crippen LogP contribution in [-0.2, 0) is 26.1 Å². The van der Waals surface area contributed by atoms with Crippen LogP contribution in [0.2, 0.25) is 0 Å². The van der Waals surface area contributed by atoms with Gasteiger partial charge in [-0.15, -0.1) is 0 Å². The van der Waals surface area contributed by atoms with Crippen LogP contribution >= 0.6 is 0 Å². The zero-order valence-electron chi connectivity index (χ0n) is 14.0. The Hall–Kier alpha value is -2.38. The molecule has 132 valence electrons. The number of benzene rings is 2. The quantitative estimate of drug-likeness (QED) is 0.765. The summed E-state index contributed by atoms with van der Waals surface area (Å²) < 4.78 is 37.1. The van der Waals surface area contributed by atoms with Gasteiger partial charge in [-0.25, -0.2) is 8.42 Å². The first-order chi connectivity index (χ1) is 12.0. The molecule has 3 rings (SSSR count). The van der Waals surface area contributed by atoms with E-state index in [1.807, 2.05) is 12.1 Å². The highest BCUT2D eigenvalue weighted by Crippen LogP contribution is 2.42. The van der Waals surface area contributed by atoms with Gasteiger partial charge >= 0.3 is 5.97 Å². The van der Waals surface area contributed by atoms with Gasteiger partial charge < -0.3 is 9.47 Å². The fourth-order valence-electron chi connectivity index (χ4n) is 3.00. The van der Waals surface area contributed by atoms with Gasteiger partial charge in [0, 0.05) is 6.54 Å². The van der Waals surface area contributed by atoms with Crippen LogP contribution in [0.15, 0.2) is 53.4 Å². The monoisotopic (exact) mass is 361 g/mol. The van der Waals surface area contributed by atoms with E-state index < -0.39 is 22.0 Å². The molecular formula is C18H19NO5S. The van der Waals surface area contributed by atoms with E-state index in [1.165, 1.54) is 11.4 Å². The standard InChI is InChI=1S/C18H19NO5S/c1-23-14-9-7-13(8-10-14)12-19-16(11-18(20)24-2)15-5-3-4-6-17(15)25(19,21)22/h3-10,16H,11-12H2,1-2H3. The fraction of sp³-hybridized carbons (Fsp3) is 0.278. The summed E-state index contributed by atoms with van der Waals surface area (Å²) in [5.41, 5.74) is 1.44. The highest BCUT2D eigenvalue weighted by Gasteiger charge is 2.43. The van der Waals surface area contributed by atoms with Crippen molar-refractivity contribution < 1.29 is 22.7 Å². The lowest BCUT2D eigenvalue weighted by Gasteiger charge is -2.23. The second kappa shape index (κ2) is 6.85. The smallest absolute Gasteiger partial charge is 0.307 e. The van der Waals surface area contributed by atoms with E-state index in [-0.39, 0.29) is 17.9 Å². The lowest BCUT2D eigenvalue weighted by Crippen LogP contribution is -2.29. The average Bonchev–Trinajstić information content (AvgIpc) is 2.84. The number of fused-ring (bicyclic) bond motifs is 1. The maximum absolute atomic E-state index is 12.9. The molecule has 6 nitrogen and oxygen atoms in total. The van der Waals surface area contributed by atoms with Gasteiger partial charge in [0.05, 0.1) is 31.6 Å². The first kappa shape index (κ1) is 17.4. The number of nitrogens with zero attached hydrogens (tertiary/aromatic N) is 1. The van der Waals surface area contributed by atoms with Gasteiger partial charge in [-0.05, 0) is 29.3 Å². The summed E-state index contributed by atoms with van der Waals surface area (Å²) in [7, 11) is -0.799. The van der Waals surface area contributed by atoms with E-state index in [0.29, 0.717) is 11.3 Å². The number of methoxy groups -OCH3 is 2. The number of hydrogen-bond donors (Lipinski definition) is 0. The van der Waals surface area contributed by atoms with E-state index in [9.17, 15) is 13.2 Å². The zero-order chi connectivity index (χ0) is 18.0. The molecule has 0 bridgehead atoms. The van der Waals surface area contributed by atoms with Crippen molar-refractivity contribution in [3.63, 3.8) is 0 Å². The van der Waals surface area contributed by atoms with Crippen molar-refractivity contribution in [2.45, 2.75) is 23.9 Å². The number of ether oxygens (including phenoxy) is 2. The van der Waals surface area contributed by atoms with Gasteiger partial charge in [0.1, 0.15) is 5.75 Å². The summed E-state index contributed by atoms with van der Waals surface area (Å²) in [5, 5.41) is 0. The van der Waals surface area contributed by atoms with Crippen molar-refractivity contribution in [3.05, 3.63) is 59.7 Å². The normalized spacial score (nSPS) is 18.6.